The predicted molar refractivity (Wildman–Crippen MR) is 85.3 cm³/mol. The highest BCUT2D eigenvalue weighted by Gasteiger charge is 2.23. The van der Waals surface area contributed by atoms with Crippen LogP contribution in [0.5, 0.6) is 0 Å². The first-order valence-electron chi connectivity index (χ1n) is 8.01. The molecule has 114 valence electrons. The van der Waals surface area contributed by atoms with Gasteiger partial charge in [0.25, 0.3) is 0 Å². The second-order valence-corrected chi connectivity index (χ2v) is 6.14. The Bertz CT molecular complexity index is 636. The highest BCUT2D eigenvalue weighted by molar-refractivity contribution is 5.28. The van der Waals surface area contributed by atoms with E-state index in [-0.39, 0.29) is 0 Å². The molecule has 0 aliphatic heterocycles. The van der Waals surface area contributed by atoms with Gasteiger partial charge in [0.2, 0.25) is 0 Å². The molecule has 0 saturated carbocycles. The number of aryl methyl sites for hydroxylation is 2. The molecule has 0 amide bonds. The van der Waals surface area contributed by atoms with Gasteiger partial charge in [-0.1, -0.05) is 0 Å². The normalized spacial score (nSPS) is 18.0. The number of nitrogens with zero attached hydrogens (tertiary/aromatic N) is 3. The summed E-state index contributed by atoms with van der Waals surface area (Å²) >= 11 is 0. The molecule has 0 fully saturated rings. The standard InChI is InChI=1S/C17H26N4/c1-5-21-12(2)9-14(13(21)3)10-18-16-7-6-8-17-15(16)11-19-20(17)4/h9,11,16,18H,5-8,10H2,1-4H3. The summed E-state index contributed by atoms with van der Waals surface area (Å²) in [4.78, 5) is 0. The molecule has 21 heavy (non-hydrogen) atoms. The molecule has 1 aliphatic rings. The first kappa shape index (κ1) is 14.4. The van der Waals surface area contributed by atoms with Crippen molar-refractivity contribution in [3.05, 3.63) is 40.5 Å². The Balaban J connectivity index is 1.74. The molecule has 1 atom stereocenters. The van der Waals surface area contributed by atoms with Gasteiger partial charge in [-0.2, -0.15) is 5.10 Å². The Morgan fingerprint density at radius 2 is 2.19 bits per heavy atom. The lowest BCUT2D eigenvalue weighted by Crippen LogP contribution is -2.25. The molecule has 3 rings (SSSR count). The van der Waals surface area contributed by atoms with Crippen LogP contribution in [0.25, 0.3) is 0 Å². The van der Waals surface area contributed by atoms with Crippen molar-refractivity contribution in [2.75, 3.05) is 0 Å². The largest absolute Gasteiger partial charge is 0.349 e. The molecule has 1 N–H and O–H groups in total. The Labute approximate surface area is 127 Å². The van der Waals surface area contributed by atoms with Crippen molar-refractivity contribution in [3.8, 4) is 0 Å². The van der Waals surface area contributed by atoms with Gasteiger partial charge in [-0.05, 0) is 51.7 Å². The summed E-state index contributed by atoms with van der Waals surface area (Å²) in [5.74, 6) is 0. The summed E-state index contributed by atoms with van der Waals surface area (Å²) in [7, 11) is 2.05. The molecule has 0 bridgehead atoms. The molecule has 2 aromatic heterocycles. The van der Waals surface area contributed by atoms with Crippen LogP contribution in [0.4, 0.5) is 0 Å². The van der Waals surface area contributed by atoms with Crippen molar-refractivity contribution in [3.63, 3.8) is 0 Å². The second kappa shape index (κ2) is 5.68. The summed E-state index contributed by atoms with van der Waals surface area (Å²) in [6, 6.07) is 2.77. The fourth-order valence-electron chi connectivity index (χ4n) is 3.69. The van der Waals surface area contributed by atoms with Crippen molar-refractivity contribution < 1.29 is 0 Å². The lowest BCUT2D eigenvalue weighted by Gasteiger charge is -2.24. The van der Waals surface area contributed by atoms with Crippen molar-refractivity contribution in [2.24, 2.45) is 7.05 Å². The summed E-state index contributed by atoms with van der Waals surface area (Å²) in [5.41, 5.74) is 6.97. The van der Waals surface area contributed by atoms with Gasteiger partial charge in [-0.25, -0.2) is 0 Å². The van der Waals surface area contributed by atoms with Crippen LogP contribution < -0.4 is 5.32 Å². The van der Waals surface area contributed by atoms with E-state index in [0.717, 1.165) is 19.5 Å². The molecular formula is C17H26N4. The van der Waals surface area contributed by atoms with Crippen molar-refractivity contribution in [1.82, 2.24) is 19.7 Å². The minimum Gasteiger partial charge on any atom is -0.349 e. The highest BCUT2D eigenvalue weighted by Crippen LogP contribution is 2.29. The van der Waals surface area contributed by atoms with Crippen LogP contribution in [0.1, 0.15) is 54.0 Å². The Kier molecular flexibility index (Phi) is 3.89. The summed E-state index contributed by atoms with van der Waals surface area (Å²) < 4.78 is 4.42. The van der Waals surface area contributed by atoms with Crippen LogP contribution >= 0.6 is 0 Å². The average Bonchev–Trinajstić information content (AvgIpc) is 2.98. The first-order valence-corrected chi connectivity index (χ1v) is 8.01. The number of hydrogen-bond acceptors (Lipinski definition) is 2. The fourth-order valence-corrected chi connectivity index (χ4v) is 3.69. The van der Waals surface area contributed by atoms with Gasteiger partial charge in [0.1, 0.15) is 0 Å². The summed E-state index contributed by atoms with van der Waals surface area (Å²) in [5, 5.41) is 8.17. The van der Waals surface area contributed by atoms with E-state index in [1.54, 1.807) is 0 Å². The van der Waals surface area contributed by atoms with Gasteiger partial charge in [0, 0.05) is 48.8 Å². The van der Waals surface area contributed by atoms with Gasteiger partial charge in [0.15, 0.2) is 0 Å². The van der Waals surface area contributed by atoms with Crippen LogP contribution in [0.15, 0.2) is 12.3 Å². The SMILES string of the molecule is CCn1c(C)cc(CNC2CCCc3c2cnn3C)c1C. The van der Waals surface area contributed by atoms with Crippen molar-refractivity contribution in [2.45, 2.75) is 59.2 Å². The average molecular weight is 286 g/mol. The molecule has 0 radical (unpaired) electrons. The molecule has 0 aromatic carbocycles. The molecule has 2 aromatic rings. The summed E-state index contributed by atoms with van der Waals surface area (Å²) in [6.45, 7) is 8.62. The van der Waals surface area contributed by atoms with Crippen LogP contribution in [-0.4, -0.2) is 14.3 Å². The number of fused-ring (bicyclic) bond motifs is 1. The van der Waals surface area contributed by atoms with E-state index in [4.69, 9.17) is 0 Å². The number of nitrogens with one attached hydrogen (secondary N) is 1. The minimum atomic E-state index is 0.451. The van der Waals surface area contributed by atoms with Gasteiger partial charge in [-0.3, -0.25) is 4.68 Å². The molecular weight excluding hydrogens is 260 g/mol. The quantitative estimate of drug-likeness (QED) is 0.937. The third-order valence-electron chi connectivity index (χ3n) is 4.91. The first-order chi connectivity index (χ1) is 10.1. The maximum atomic E-state index is 4.43. The van der Waals surface area contributed by atoms with E-state index in [2.05, 4.69) is 48.9 Å². The van der Waals surface area contributed by atoms with E-state index in [1.807, 2.05) is 10.9 Å². The van der Waals surface area contributed by atoms with Crippen LogP contribution in [0.2, 0.25) is 0 Å². The fraction of sp³-hybridized carbons (Fsp3) is 0.588. The minimum absolute atomic E-state index is 0.451. The van der Waals surface area contributed by atoms with Crippen molar-refractivity contribution >= 4 is 0 Å². The van der Waals surface area contributed by atoms with E-state index in [0.29, 0.717) is 6.04 Å². The smallest absolute Gasteiger partial charge is 0.0540 e. The monoisotopic (exact) mass is 286 g/mol. The molecule has 0 saturated heterocycles. The molecule has 4 heteroatoms. The Hall–Kier alpha value is -1.55. The van der Waals surface area contributed by atoms with Gasteiger partial charge in [-0.15, -0.1) is 0 Å². The maximum Gasteiger partial charge on any atom is 0.0540 e. The van der Waals surface area contributed by atoms with Gasteiger partial charge in [0.05, 0.1) is 6.20 Å². The predicted octanol–water partition coefficient (Wildman–Crippen LogP) is 3.03. The van der Waals surface area contributed by atoms with Crippen molar-refractivity contribution in [1.29, 1.82) is 0 Å². The summed E-state index contributed by atoms with van der Waals surface area (Å²) in [6.07, 6.45) is 5.67. The topological polar surface area (TPSA) is 34.8 Å². The van der Waals surface area contributed by atoms with E-state index >= 15 is 0 Å². The molecule has 0 spiro atoms. The van der Waals surface area contributed by atoms with E-state index < -0.39 is 0 Å². The molecule has 1 unspecified atom stereocenters. The Morgan fingerprint density at radius 1 is 1.38 bits per heavy atom. The molecule has 1 aliphatic carbocycles. The van der Waals surface area contributed by atoms with Crippen LogP contribution in [0, 0.1) is 13.8 Å². The lowest BCUT2D eigenvalue weighted by atomic mass is 9.93. The number of hydrogen-bond donors (Lipinski definition) is 1. The van der Waals surface area contributed by atoms with Gasteiger partial charge >= 0.3 is 0 Å². The number of aromatic nitrogens is 3. The van der Waals surface area contributed by atoms with Crippen LogP contribution in [-0.2, 0) is 26.6 Å². The zero-order valence-corrected chi connectivity index (χ0v) is 13.6. The Morgan fingerprint density at radius 3 is 2.90 bits per heavy atom. The van der Waals surface area contributed by atoms with E-state index in [9.17, 15) is 0 Å². The lowest BCUT2D eigenvalue weighted by molar-refractivity contribution is 0.451. The maximum absolute atomic E-state index is 4.43. The van der Waals surface area contributed by atoms with Crippen LogP contribution in [0.3, 0.4) is 0 Å². The van der Waals surface area contributed by atoms with E-state index in [1.165, 1.54) is 41.1 Å². The second-order valence-electron chi connectivity index (χ2n) is 6.14. The zero-order valence-electron chi connectivity index (χ0n) is 13.6. The third kappa shape index (κ3) is 2.53. The molecule has 4 nitrogen and oxygen atoms in total. The third-order valence-corrected chi connectivity index (χ3v) is 4.91. The molecule has 2 heterocycles. The zero-order chi connectivity index (χ0) is 15.0. The number of rotatable bonds is 4. The highest BCUT2D eigenvalue weighted by atomic mass is 15.3. The van der Waals surface area contributed by atoms with Gasteiger partial charge < -0.3 is 9.88 Å².